The lowest BCUT2D eigenvalue weighted by Crippen LogP contribution is -2.45. The zero-order chi connectivity index (χ0) is 30.9. The van der Waals surface area contributed by atoms with Crippen LogP contribution in [0.15, 0.2) is 36.0 Å². The first-order valence-electron chi connectivity index (χ1n) is 14.8. The fraction of sp³-hybridized carbons (Fsp3) is 0.719. The van der Waals surface area contributed by atoms with E-state index in [2.05, 4.69) is 13.0 Å². The van der Waals surface area contributed by atoms with E-state index in [1.165, 1.54) is 13.8 Å². The Bertz CT molecular complexity index is 986. The van der Waals surface area contributed by atoms with Gasteiger partial charge in [-0.05, 0) is 57.1 Å². The van der Waals surface area contributed by atoms with E-state index in [0.29, 0.717) is 6.42 Å². The predicted molar refractivity (Wildman–Crippen MR) is 155 cm³/mol. The van der Waals surface area contributed by atoms with Crippen LogP contribution in [-0.4, -0.2) is 70.3 Å². The molecule has 0 aromatic rings. The Morgan fingerprint density at radius 3 is 2.49 bits per heavy atom. The fourth-order valence-electron chi connectivity index (χ4n) is 5.39. The third-order valence-corrected chi connectivity index (χ3v) is 7.99. The lowest BCUT2D eigenvalue weighted by molar-refractivity contribution is -0.178. The molecule has 0 aliphatic carbocycles. The molecule has 41 heavy (non-hydrogen) atoms. The lowest BCUT2D eigenvalue weighted by Gasteiger charge is -2.36. The van der Waals surface area contributed by atoms with Crippen LogP contribution in [0.3, 0.4) is 0 Å². The Hall–Kier alpha value is -2.49. The van der Waals surface area contributed by atoms with E-state index in [4.69, 9.17) is 18.9 Å². The summed E-state index contributed by atoms with van der Waals surface area (Å²) in [6.45, 7) is 14.1. The van der Waals surface area contributed by atoms with E-state index < -0.39 is 41.8 Å². The quantitative estimate of drug-likeness (QED) is 0.126. The summed E-state index contributed by atoms with van der Waals surface area (Å²) in [4.78, 5) is 36.6. The average Bonchev–Trinajstić information content (AvgIpc) is 3.64. The molecular formula is C32H50O9. The number of rotatable bonds is 10. The fourth-order valence-corrected chi connectivity index (χ4v) is 5.39. The van der Waals surface area contributed by atoms with Crippen molar-refractivity contribution in [3.05, 3.63) is 36.0 Å². The Morgan fingerprint density at radius 1 is 1.20 bits per heavy atom. The Kier molecular flexibility index (Phi) is 13.3. The highest BCUT2D eigenvalue weighted by atomic mass is 16.6. The molecule has 2 aliphatic heterocycles. The van der Waals surface area contributed by atoms with E-state index in [9.17, 15) is 24.6 Å². The Balaban J connectivity index is 2.21. The summed E-state index contributed by atoms with van der Waals surface area (Å²) in [6.07, 6.45) is 8.38. The molecule has 1 saturated heterocycles. The van der Waals surface area contributed by atoms with Crippen molar-refractivity contribution < 1.29 is 43.5 Å². The molecule has 2 aliphatic rings. The molecule has 0 aromatic heterocycles. The van der Waals surface area contributed by atoms with Gasteiger partial charge in [0.05, 0.1) is 30.8 Å². The van der Waals surface area contributed by atoms with Gasteiger partial charge in [-0.2, -0.15) is 0 Å². The number of allylic oxidation sites excluding steroid dienone is 3. The molecule has 10 unspecified atom stereocenters. The number of aliphatic hydroxyl groups is 2. The van der Waals surface area contributed by atoms with Crippen LogP contribution in [0.4, 0.5) is 0 Å². The van der Waals surface area contributed by atoms with Gasteiger partial charge < -0.3 is 29.2 Å². The summed E-state index contributed by atoms with van der Waals surface area (Å²) in [5.74, 6) is -1.56. The normalized spacial score (nSPS) is 34.4. The molecule has 0 bridgehead atoms. The van der Waals surface area contributed by atoms with Crippen molar-refractivity contribution in [1.82, 2.24) is 0 Å². The number of carbonyl (C=O) groups excluding carboxylic acids is 3. The van der Waals surface area contributed by atoms with E-state index in [1.54, 1.807) is 19.1 Å². The van der Waals surface area contributed by atoms with Crippen LogP contribution in [0.1, 0.15) is 87.5 Å². The number of aliphatic hydroxyl groups excluding tert-OH is 2. The van der Waals surface area contributed by atoms with E-state index in [0.717, 1.165) is 12.0 Å². The minimum Gasteiger partial charge on any atom is -0.457 e. The first-order chi connectivity index (χ1) is 19.2. The second-order valence-corrected chi connectivity index (χ2v) is 12.0. The summed E-state index contributed by atoms with van der Waals surface area (Å²) in [6, 6.07) is 0. The van der Waals surface area contributed by atoms with Crippen molar-refractivity contribution >= 4 is 17.9 Å². The third kappa shape index (κ3) is 11.0. The maximum atomic E-state index is 12.7. The van der Waals surface area contributed by atoms with Crippen molar-refractivity contribution in [1.29, 1.82) is 0 Å². The summed E-state index contributed by atoms with van der Waals surface area (Å²) in [5.41, 5.74) is -0.425. The molecule has 10 atom stereocenters. The van der Waals surface area contributed by atoms with Crippen LogP contribution in [0.5, 0.6) is 0 Å². The van der Waals surface area contributed by atoms with Crippen LogP contribution < -0.4 is 0 Å². The van der Waals surface area contributed by atoms with Crippen LogP contribution in [-0.2, 0) is 33.3 Å². The van der Waals surface area contributed by atoms with E-state index in [-0.39, 0.29) is 55.3 Å². The molecule has 0 amide bonds. The van der Waals surface area contributed by atoms with Gasteiger partial charge in [0.25, 0.3) is 0 Å². The Labute approximate surface area is 244 Å². The largest absolute Gasteiger partial charge is 0.457 e. The molecule has 0 aromatic carbocycles. The maximum absolute atomic E-state index is 12.7. The zero-order valence-corrected chi connectivity index (χ0v) is 25.9. The average molecular weight is 579 g/mol. The van der Waals surface area contributed by atoms with Gasteiger partial charge >= 0.3 is 17.9 Å². The maximum Gasteiger partial charge on any atom is 0.309 e. The minimum absolute atomic E-state index is 0.0928. The number of hydrogen-bond acceptors (Lipinski definition) is 9. The molecule has 0 spiro atoms. The monoisotopic (exact) mass is 578 g/mol. The third-order valence-electron chi connectivity index (χ3n) is 7.99. The SMILES string of the molecule is CCC(O)C(C)C1OC1CC(C)/C=C/C=C(\C)C1OC(=O)CC(O)CCC(C)(OC(C)=O)C(OC(C)=O)/C=C\C1C. The van der Waals surface area contributed by atoms with E-state index in [1.807, 2.05) is 39.8 Å². The van der Waals surface area contributed by atoms with E-state index >= 15 is 0 Å². The van der Waals surface area contributed by atoms with Gasteiger partial charge in [0, 0.05) is 25.7 Å². The van der Waals surface area contributed by atoms with Gasteiger partial charge in [-0.15, -0.1) is 0 Å². The highest BCUT2D eigenvalue weighted by Gasteiger charge is 2.45. The van der Waals surface area contributed by atoms with Gasteiger partial charge in [-0.1, -0.05) is 52.0 Å². The van der Waals surface area contributed by atoms with Gasteiger partial charge in [0.2, 0.25) is 0 Å². The molecule has 0 radical (unpaired) electrons. The second-order valence-electron chi connectivity index (χ2n) is 12.0. The predicted octanol–water partition coefficient (Wildman–Crippen LogP) is 4.59. The molecule has 0 saturated carbocycles. The summed E-state index contributed by atoms with van der Waals surface area (Å²) in [5, 5.41) is 20.6. The molecule has 232 valence electrons. The van der Waals surface area contributed by atoms with Gasteiger partial charge in [-0.3, -0.25) is 14.4 Å². The Morgan fingerprint density at radius 2 is 1.88 bits per heavy atom. The number of hydrogen-bond donors (Lipinski definition) is 2. The number of esters is 3. The highest BCUT2D eigenvalue weighted by Crippen LogP contribution is 2.36. The number of ether oxygens (including phenoxy) is 4. The van der Waals surface area contributed by atoms with Gasteiger partial charge in [0.1, 0.15) is 11.7 Å². The second kappa shape index (κ2) is 15.7. The summed E-state index contributed by atoms with van der Waals surface area (Å²) < 4.78 is 22.8. The first-order valence-corrected chi connectivity index (χ1v) is 14.8. The number of epoxide rings is 1. The van der Waals surface area contributed by atoms with Crippen LogP contribution in [0, 0.1) is 17.8 Å². The van der Waals surface area contributed by atoms with Crippen molar-refractivity contribution in [3.63, 3.8) is 0 Å². The summed E-state index contributed by atoms with van der Waals surface area (Å²) >= 11 is 0. The minimum atomic E-state index is -1.23. The lowest BCUT2D eigenvalue weighted by atomic mass is 9.88. The number of carbonyl (C=O) groups is 3. The van der Waals surface area contributed by atoms with Crippen molar-refractivity contribution in [2.45, 2.75) is 130 Å². The van der Waals surface area contributed by atoms with Crippen molar-refractivity contribution in [3.8, 4) is 0 Å². The van der Waals surface area contributed by atoms with Crippen LogP contribution in [0.25, 0.3) is 0 Å². The molecular weight excluding hydrogens is 528 g/mol. The van der Waals surface area contributed by atoms with Gasteiger partial charge in [0.15, 0.2) is 6.10 Å². The molecule has 9 nitrogen and oxygen atoms in total. The summed E-state index contributed by atoms with van der Waals surface area (Å²) in [7, 11) is 0. The van der Waals surface area contributed by atoms with Crippen LogP contribution in [0.2, 0.25) is 0 Å². The molecule has 2 rings (SSSR count). The van der Waals surface area contributed by atoms with Crippen molar-refractivity contribution in [2.75, 3.05) is 0 Å². The molecule has 2 N–H and O–H groups in total. The van der Waals surface area contributed by atoms with Crippen molar-refractivity contribution in [2.24, 2.45) is 17.8 Å². The first kappa shape index (κ1) is 34.7. The molecule has 9 heteroatoms. The molecule has 1 fully saturated rings. The standard InChI is InChI=1S/C32H50O9/c1-9-26(36)22(5)31-27(39-31)17-19(2)11-10-12-20(3)30-21(4)13-14-28(38-23(6)33)32(8,41-24(7)34)16-15-25(35)18-29(37)40-30/h10-14,19,21-22,25-28,30-31,35-36H,9,15-18H2,1-8H3/b11-10+,14-13-,20-12+. The zero-order valence-electron chi connectivity index (χ0n) is 25.9. The highest BCUT2D eigenvalue weighted by molar-refractivity contribution is 5.70. The van der Waals surface area contributed by atoms with Gasteiger partial charge in [-0.25, -0.2) is 0 Å². The number of cyclic esters (lactones) is 1. The smallest absolute Gasteiger partial charge is 0.309 e. The molecule has 2 heterocycles. The van der Waals surface area contributed by atoms with Crippen LogP contribution >= 0.6 is 0 Å². The topological polar surface area (TPSA) is 132 Å².